The van der Waals surface area contributed by atoms with Gasteiger partial charge >= 0.3 is 5.69 Å². The number of methoxy groups -OCH3 is 1. The summed E-state index contributed by atoms with van der Waals surface area (Å²) in [6.07, 6.45) is 3.45. The molecule has 0 spiro atoms. The Labute approximate surface area is 175 Å². The predicted octanol–water partition coefficient (Wildman–Crippen LogP) is 2.25. The topological polar surface area (TPSA) is 86.4 Å². The molecule has 0 bridgehead atoms. The summed E-state index contributed by atoms with van der Waals surface area (Å²) in [6.45, 7) is 1.57. The number of hydrogen-bond acceptors (Lipinski definition) is 5. The molecule has 10 heteroatoms. The molecule has 2 aromatic rings. The molecule has 2 aliphatic rings. The Balaban J connectivity index is 1.62. The maximum Gasteiger partial charge on any atom is 0.346 e. The molecule has 1 aromatic carbocycles. The van der Waals surface area contributed by atoms with Gasteiger partial charge in [0.05, 0.1) is 18.0 Å². The lowest BCUT2D eigenvalue weighted by molar-refractivity contribution is 0.182. The van der Waals surface area contributed by atoms with E-state index >= 15 is 0 Å². The fraction of sp³-hybridized carbons (Fsp3) is 0.579. The van der Waals surface area contributed by atoms with E-state index in [2.05, 4.69) is 5.10 Å². The number of halogens is 1. The molecule has 29 heavy (non-hydrogen) atoms. The first-order valence-corrected chi connectivity index (χ1v) is 11.7. The Hall–Kier alpha value is -1.68. The van der Waals surface area contributed by atoms with Gasteiger partial charge in [-0.3, -0.25) is 4.57 Å². The quantitative estimate of drug-likeness (QED) is 0.659. The molecule has 1 aliphatic heterocycles. The van der Waals surface area contributed by atoms with Gasteiger partial charge in [-0.15, -0.1) is 0 Å². The Morgan fingerprint density at radius 3 is 2.59 bits per heavy atom. The van der Waals surface area contributed by atoms with E-state index < -0.39 is 10.0 Å². The minimum Gasteiger partial charge on any atom is -0.383 e. The summed E-state index contributed by atoms with van der Waals surface area (Å²) < 4.78 is 36.0. The normalized spacial score (nSPS) is 20.8. The van der Waals surface area contributed by atoms with Crippen LogP contribution in [0.25, 0.3) is 0 Å². The number of hydrogen-bond donors (Lipinski definition) is 0. The van der Waals surface area contributed by atoms with Crippen molar-refractivity contribution in [2.45, 2.75) is 49.1 Å². The molecule has 1 aromatic heterocycles. The maximum absolute atomic E-state index is 13.1. The molecule has 158 valence electrons. The van der Waals surface area contributed by atoms with Crippen molar-refractivity contribution in [3.05, 3.63) is 45.6 Å². The van der Waals surface area contributed by atoms with Crippen LogP contribution in [-0.4, -0.2) is 53.9 Å². The summed E-state index contributed by atoms with van der Waals surface area (Å²) >= 11 is 5.90. The van der Waals surface area contributed by atoms with E-state index in [1.807, 2.05) is 0 Å². The van der Waals surface area contributed by atoms with Crippen molar-refractivity contribution in [1.29, 1.82) is 0 Å². The highest BCUT2D eigenvalue weighted by Crippen LogP contribution is 2.37. The second-order valence-corrected chi connectivity index (χ2v) is 9.99. The zero-order valence-electron chi connectivity index (χ0n) is 16.3. The second kappa shape index (κ2) is 8.22. The van der Waals surface area contributed by atoms with Crippen LogP contribution in [0.1, 0.15) is 43.5 Å². The van der Waals surface area contributed by atoms with Gasteiger partial charge in [0.15, 0.2) is 0 Å². The minimum absolute atomic E-state index is 0.108. The molecule has 1 unspecified atom stereocenters. The van der Waals surface area contributed by atoms with Crippen molar-refractivity contribution in [2.24, 2.45) is 0 Å². The molecule has 8 nitrogen and oxygen atoms in total. The summed E-state index contributed by atoms with van der Waals surface area (Å²) in [4.78, 5) is 13.0. The van der Waals surface area contributed by atoms with Gasteiger partial charge in [0.2, 0.25) is 10.0 Å². The van der Waals surface area contributed by atoms with E-state index in [1.165, 1.54) is 21.1 Å². The van der Waals surface area contributed by atoms with Crippen LogP contribution >= 0.6 is 11.6 Å². The average Bonchev–Trinajstić information content (AvgIpc) is 3.50. The fourth-order valence-corrected chi connectivity index (χ4v) is 5.49. The first-order valence-electron chi connectivity index (χ1n) is 9.85. The first-order chi connectivity index (χ1) is 13.9. The van der Waals surface area contributed by atoms with Crippen LogP contribution in [-0.2, 0) is 21.3 Å². The number of ether oxygens (including phenoxy) is 1. The van der Waals surface area contributed by atoms with Crippen molar-refractivity contribution in [3.8, 4) is 0 Å². The van der Waals surface area contributed by atoms with Crippen LogP contribution in [0.4, 0.5) is 0 Å². The van der Waals surface area contributed by atoms with Gasteiger partial charge in [-0.1, -0.05) is 11.6 Å². The summed E-state index contributed by atoms with van der Waals surface area (Å²) in [5, 5.41) is 5.08. The minimum atomic E-state index is -3.62. The van der Waals surface area contributed by atoms with Crippen molar-refractivity contribution >= 4 is 21.6 Å². The predicted molar refractivity (Wildman–Crippen MR) is 109 cm³/mol. The number of aromatic nitrogens is 3. The van der Waals surface area contributed by atoms with E-state index in [0.29, 0.717) is 37.1 Å². The molecule has 1 atom stereocenters. The first kappa shape index (κ1) is 20.6. The van der Waals surface area contributed by atoms with E-state index in [-0.39, 0.29) is 22.5 Å². The van der Waals surface area contributed by atoms with Crippen LogP contribution in [0.2, 0.25) is 5.02 Å². The van der Waals surface area contributed by atoms with Crippen LogP contribution < -0.4 is 5.69 Å². The van der Waals surface area contributed by atoms with Crippen LogP contribution in [0.5, 0.6) is 0 Å². The van der Waals surface area contributed by atoms with Crippen LogP contribution in [0, 0.1) is 0 Å². The summed E-state index contributed by atoms with van der Waals surface area (Å²) in [5.74, 6) is 0.590. The Bertz CT molecular complexity index is 1030. The Morgan fingerprint density at radius 2 is 1.93 bits per heavy atom. The van der Waals surface area contributed by atoms with E-state index in [0.717, 1.165) is 25.7 Å². The number of piperidine rings is 1. The van der Waals surface area contributed by atoms with Gasteiger partial charge in [-0.2, -0.15) is 9.40 Å². The van der Waals surface area contributed by atoms with E-state index in [1.54, 1.807) is 23.8 Å². The number of nitrogens with zero attached hydrogens (tertiary/aromatic N) is 4. The van der Waals surface area contributed by atoms with Gasteiger partial charge < -0.3 is 4.74 Å². The van der Waals surface area contributed by atoms with Crippen molar-refractivity contribution in [2.75, 3.05) is 26.8 Å². The summed E-state index contributed by atoms with van der Waals surface area (Å²) in [7, 11) is -2.03. The van der Waals surface area contributed by atoms with E-state index in [4.69, 9.17) is 16.3 Å². The molecule has 4 rings (SSSR count). The van der Waals surface area contributed by atoms with Gasteiger partial charge in [0.25, 0.3) is 0 Å². The molecule has 1 aliphatic carbocycles. The molecule has 1 saturated heterocycles. The Morgan fingerprint density at radius 1 is 1.21 bits per heavy atom. The fourth-order valence-electron chi connectivity index (χ4n) is 3.84. The second-order valence-electron chi connectivity index (χ2n) is 7.61. The number of sulfonamides is 1. The molecular weight excluding hydrogens is 416 g/mol. The summed E-state index contributed by atoms with van der Waals surface area (Å²) in [6, 6.07) is 6.40. The molecular formula is C19H25ClN4O4S. The standard InChI is InChI=1S/C19H25ClN4O4S/c1-28-12-11-23-19(25)24(16-6-7-16)18(21-23)14-3-2-10-22(13-14)29(26,27)17-8-4-15(20)5-9-17/h4-5,8-9,14,16H,2-3,6-7,10-13H2,1H3. The third-order valence-electron chi connectivity index (χ3n) is 5.52. The van der Waals surface area contributed by atoms with Gasteiger partial charge in [0, 0.05) is 37.2 Å². The zero-order valence-corrected chi connectivity index (χ0v) is 17.9. The highest BCUT2D eigenvalue weighted by molar-refractivity contribution is 7.89. The molecule has 0 radical (unpaired) electrons. The third kappa shape index (κ3) is 4.14. The highest BCUT2D eigenvalue weighted by atomic mass is 35.5. The maximum atomic E-state index is 13.1. The van der Waals surface area contributed by atoms with Crippen LogP contribution in [0.3, 0.4) is 0 Å². The van der Waals surface area contributed by atoms with Crippen LogP contribution in [0.15, 0.2) is 34.0 Å². The largest absolute Gasteiger partial charge is 0.383 e. The zero-order chi connectivity index (χ0) is 20.6. The average molecular weight is 441 g/mol. The Kier molecular flexibility index (Phi) is 5.83. The molecule has 1 saturated carbocycles. The lowest BCUT2D eigenvalue weighted by Crippen LogP contribution is -2.40. The number of rotatable bonds is 7. The molecule has 2 fully saturated rings. The van der Waals surface area contributed by atoms with Gasteiger partial charge in [-0.05, 0) is 49.9 Å². The summed E-state index contributed by atoms with van der Waals surface area (Å²) in [5.41, 5.74) is -0.128. The van der Waals surface area contributed by atoms with Crippen molar-refractivity contribution in [1.82, 2.24) is 18.7 Å². The van der Waals surface area contributed by atoms with Crippen molar-refractivity contribution < 1.29 is 13.2 Å². The SMILES string of the molecule is COCCn1nc(C2CCCN(S(=O)(=O)c3ccc(Cl)cc3)C2)n(C2CC2)c1=O. The number of benzene rings is 1. The van der Waals surface area contributed by atoms with Gasteiger partial charge in [0.1, 0.15) is 5.82 Å². The molecule has 0 amide bonds. The highest BCUT2D eigenvalue weighted by Gasteiger charge is 2.37. The van der Waals surface area contributed by atoms with Gasteiger partial charge in [-0.25, -0.2) is 17.9 Å². The lowest BCUT2D eigenvalue weighted by atomic mass is 9.99. The van der Waals surface area contributed by atoms with E-state index in [9.17, 15) is 13.2 Å². The lowest BCUT2D eigenvalue weighted by Gasteiger charge is -2.31. The smallest absolute Gasteiger partial charge is 0.346 e. The van der Waals surface area contributed by atoms with Crippen molar-refractivity contribution in [3.63, 3.8) is 0 Å². The molecule has 0 N–H and O–H groups in total. The monoisotopic (exact) mass is 440 g/mol. The third-order valence-corrected chi connectivity index (χ3v) is 7.65. The molecule has 2 heterocycles.